The summed E-state index contributed by atoms with van der Waals surface area (Å²) in [5.41, 5.74) is 0.360. The predicted octanol–water partition coefficient (Wildman–Crippen LogP) is 3.06. The smallest absolute Gasteiger partial charge is 0.264 e. The quantitative estimate of drug-likeness (QED) is 0.812. The van der Waals surface area contributed by atoms with Crippen molar-refractivity contribution >= 4 is 15.7 Å². The number of rotatable bonds is 6. The first-order valence-electron chi connectivity index (χ1n) is 6.94. The molecule has 5 nitrogen and oxygen atoms in total. The number of ether oxygens (including phenoxy) is 2. The van der Waals surface area contributed by atoms with E-state index in [0.29, 0.717) is 17.2 Å². The van der Waals surface area contributed by atoms with Crippen LogP contribution in [0.1, 0.15) is 6.92 Å². The molecule has 2 aromatic carbocycles. The Labute approximate surface area is 135 Å². The molecular weight excluding hydrogens is 321 g/mol. The average molecular weight is 339 g/mol. The highest BCUT2D eigenvalue weighted by Crippen LogP contribution is 2.35. The van der Waals surface area contributed by atoms with E-state index < -0.39 is 15.8 Å². The zero-order chi connectivity index (χ0) is 17.0. The molecule has 0 unspecified atom stereocenters. The second-order valence-corrected chi connectivity index (χ2v) is 6.52. The van der Waals surface area contributed by atoms with Gasteiger partial charge in [0.25, 0.3) is 10.0 Å². The molecule has 0 aliphatic heterocycles. The molecule has 0 radical (unpaired) electrons. The Bertz CT molecular complexity index is 775. The van der Waals surface area contributed by atoms with E-state index in [9.17, 15) is 12.8 Å². The lowest BCUT2D eigenvalue weighted by Crippen LogP contribution is -2.31. The van der Waals surface area contributed by atoms with E-state index in [1.165, 1.54) is 30.7 Å². The number of hydrogen-bond acceptors (Lipinski definition) is 4. The van der Waals surface area contributed by atoms with Gasteiger partial charge in [0.15, 0.2) is 0 Å². The number of benzene rings is 2. The van der Waals surface area contributed by atoms with Crippen LogP contribution < -0.4 is 13.8 Å². The monoisotopic (exact) mass is 339 g/mol. The van der Waals surface area contributed by atoms with Crippen LogP contribution in [-0.4, -0.2) is 29.2 Å². The van der Waals surface area contributed by atoms with Gasteiger partial charge < -0.3 is 9.47 Å². The molecule has 0 saturated heterocycles. The summed E-state index contributed by atoms with van der Waals surface area (Å²) in [4.78, 5) is 0.00521. The summed E-state index contributed by atoms with van der Waals surface area (Å²) in [5.74, 6) is 0.415. The van der Waals surface area contributed by atoms with Gasteiger partial charge in [0.2, 0.25) is 0 Å². The van der Waals surface area contributed by atoms with Crippen LogP contribution in [0.25, 0.3) is 0 Å². The lowest BCUT2D eigenvalue weighted by Gasteiger charge is -2.25. The van der Waals surface area contributed by atoms with E-state index in [1.807, 2.05) is 0 Å². The van der Waals surface area contributed by atoms with Crippen LogP contribution in [0, 0.1) is 5.82 Å². The molecule has 0 N–H and O–H groups in total. The maximum absolute atomic E-state index is 13.1. The fourth-order valence-corrected chi connectivity index (χ4v) is 3.67. The van der Waals surface area contributed by atoms with Gasteiger partial charge in [-0.1, -0.05) is 0 Å². The number of nitrogens with zero attached hydrogens (tertiary/aromatic N) is 1. The molecule has 2 aromatic rings. The fraction of sp³-hybridized carbons (Fsp3) is 0.250. The highest BCUT2D eigenvalue weighted by Gasteiger charge is 2.26. The standard InChI is InChI=1S/C16H18FNO4S/c1-4-18(15-11-13(21-2)7-10-16(15)22-3)23(19,20)14-8-5-12(17)6-9-14/h5-11H,4H2,1-3H3. The molecule has 0 spiro atoms. The molecule has 0 heterocycles. The highest BCUT2D eigenvalue weighted by molar-refractivity contribution is 7.92. The Kier molecular flexibility index (Phi) is 5.10. The van der Waals surface area contributed by atoms with Crippen molar-refractivity contribution in [2.24, 2.45) is 0 Å². The number of sulfonamides is 1. The normalized spacial score (nSPS) is 11.1. The molecule has 0 saturated carbocycles. The van der Waals surface area contributed by atoms with Gasteiger partial charge in [-0.3, -0.25) is 4.31 Å². The first-order valence-corrected chi connectivity index (χ1v) is 8.38. The zero-order valence-corrected chi connectivity index (χ0v) is 13.9. The average Bonchev–Trinajstić information content (AvgIpc) is 2.55. The van der Waals surface area contributed by atoms with Crippen molar-refractivity contribution in [1.82, 2.24) is 0 Å². The summed E-state index contributed by atoms with van der Waals surface area (Å²) in [6.45, 7) is 1.89. The Morgan fingerprint density at radius 3 is 2.22 bits per heavy atom. The van der Waals surface area contributed by atoms with Crippen molar-refractivity contribution in [2.75, 3.05) is 25.1 Å². The van der Waals surface area contributed by atoms with Gasteiger partial charge in [-0.25, -0.2) is 12.8 Å². The fourth-order valence-electron chi connectivity index (χ4n) is 2.20. The van der Waals surface area contributed by atoms with Gasteiger partial charge in [-0.15, -0.1) is 0 Å². The van der Waals surface area contributed by atoms with Crippen molar-refractivity contribution in [3.63, 3.8) is 0 Å². The van der Waals surface area contributed by atoms with E-state index in [2.05, 4.69) is 0 Å². The van der Waals surface area contributed by atoms with Gasteiger partial charge in [-0.05, 0) is 43.3 Å². The minimum Gasteiger partial charge on any atom is -0.497 e. The second-order valence-electron chi connectivity index (χ2n) is 4.66. The molecule has 23 heavy (non-hydrogen) atoms. The summed E-state index contributed by atoms with van der Waals surface area (Å²) >= 11 is 0. The Balaban J connectivity index is 2.56. The second kappa shape index (κ2) is 6.87. The van der Waals surface area contributed by atoms with Crippen LogP contribution in [0.3, 0.4) is 0 Å². The number of anilines is 1. The van der Waals surface area contributed by atoms with Crippen molar-refractivity contribution < 1.29 is 22.3 Å². The van der Waals surface area contributed by atoms with Gasteiger partial charge >= 0.3 is 0 Å². The molecule has 2 rings (SSSR count). The summed E-state index contributed by atoms with van der Waals surface area (Å²) < 4.78 is 50.4. The molecule has 0 fully saturated rings. The van der Waals surface area contributed by atoms with Crippen LogP contribution in [0.5, 0.6) is 11.5 Å². The molecule has 0 aliphatic rings. The van der Waals surface area contributed by atoms with Crippen molar-refractivity contribution in [1.29, 1.82) is 0 Å². The summed E-state index contributed by atoms with van der Waals surface area (Å²) in [7, 11) is -0.889. The van der Waals surface area contributed by atoms with Crippen molar-refractivity contribution in [3.05, 3.63) is 48.3 Å². The number of halogens is 1. The third kappa shape index (κ3) is 3.39. The molecule has 7 heteroatoms. The predicted molar refractivity (Wildman–Crippen MR) is 86.2 cm³/mol. The molecule has 0 aromatic heterocycles. The summed E-state index contributed by atoms with van der Waals surface area (Å²) in [5, 5.41) is 0. The van der Waals surface area contributed by atoms with Crippen molar-refractivity contribution in [2.45, 2.75) is 11.8 Å². The summed E-state index contributed by atoms with van der Waals surface area (Å²) in [6.07, 6.45) is 0. The van der Waals surface area contributed by atoms with Crippen LogP contribution in [0.4, 0.5) is 10.1 Å². The van der Waals surface area contributed by atoms with Crippen LogP contribution >= 0.6 is 0 Å². The SMILES string of the molecule is CCN(c1cc(OC)ccc1OC)S(=O)(=O)c1ccc(F)cc1. The number of methoxy groups -OCH3 is 2. The number of hydrogen-bond donors (Lipinski definition) is 0. The van der Waals surface area contributed by atoms with E-state index in [-0.39, 0.29) is 11.4 Å². The van der Waals surface area contributed by atoms with E-state index in [0.717, 1.165) is 12.1 Å². The molecular formula is C16H18FNO4S. The Hall–Kier alpha value is -2.28. The molecule has 124 valence electrons. The molecule has 0 bridgehead atoms. The third-order valence-corrected chi connectivity index (χ3v) is 5.25. The van der Waals surface area contributed by atoms with E-state index in [4.69, 9.17) is 9.47 Å². The maximum atomic E-state index is 13.1. The van der Waals surface area contributed by atoms with Crippen molar-refractivity contribution in [3.8, 4) is 11.5 Å². The third-order valence-electron chi connectivity index (χ3n) is 3.34. The van der Waals surface area contributed by atoms with Gasteiger partial charge in [0, 0.05) is 12.6 Å². The minimum absolute atomic E-state index is 0.00521. The molecule has 0 amide bonds. The summed E-state index contributed by atoms with van der Waals surface area (Å²) in [6, 6.07) is 9.61. The van der Waals surface area contributed by atoms with Crippen LogP contribution in [0.15, 0.2) is 47.4 Å². The van der Waals surface area contributed by atoms with E-state index >= 15 is 0 Å². The zero-order valence-electron chi connectivity index (χ0n) is 13.1. The lowest BCUT2D eigenvalue weighted by atomic mass is 10.2. The Morgan fingerprint density at radius 1 is 1.04 bits per heavy atom. The van der Waals surface area contributed by atoms with Crippen LogP contribution in [0.2, 0.25) is 0 Å². The highest BCUT2D eigenvalue weighted by atomic mass is 32.2. The topological polar surface area (TPSA) is 55.8 Å². The Morgan fingerprint density at radius 2 is 1.70 bits per heavy atom. The lowest BCUT2D eigenvalue weighted by molar-refractivity contribution is 0.404. The largest absolute Gasteiger partial charge is 0.497 e. The molecule has 0 atom stereocenters. The van der Waals surface area contributed by atoms with Gasteiger partial charge in [0.1, 0.15) is 17.3 Å². The van der Waals surface area contributed by atoms with Gasteiger partial charge in [0.05, 0.1) is 24.8 Å². The first kappa shape index (κ1) is 17.1. The van der Waals surface area contributed by atoms with Crippen LogP contribution in [-0.2, 0) is 10.0 Å². The maximum Gasteiger partial charge on any atom is 0.264 e. The molecule has 0 aliphatic carbocycles. The van der Waals surface area contributed by atoms with Gasteiger partial charge in [-0.2, -0.15) is 0 Å². The first-order chi connectivity index (χ1) is 10.9. The minimum atomic E-state index is -3.85. The van der Waals surface area contributed by atoms with E-state index in [1.54, 1.807) is 25.1 Å².